The number of fused-ring (bicyclic) bond motifs is 1. The SMILES string of the molecule is CN[C@@H](Cc1c[nH]c2ccc(O)cc12)c1csc(C)n1. The Morgan fingerprint density at radius 1 is 1.45 bits per heavy atom. The third-order valence-electron chi connectivity index (χ3n) is 3.52. The summed E-state index contributed by atoms with van der Waals surface area (Å²) in [5.74, 6) is 0.295. The molecule has 20 heavy (non-hydrogen) atoms. The zero-order valence-corrected chi connectivity index (χ0v) is 12.3. The van der Waals surface area contributed by atoms with Gasteiger partial charge in [0, 0.05) is 22.5 Å². The zero-order chi connectivity index (χ0) is 14.1. The Labute approximate surface area is 121 Å². The predicted octanol–water partition coefficient (Wildman–Crippen LogP) is 3.14. The van der Waals surface area contributed by atoms with Crippen LogP contribution < -0.4 is 5.32 Å². The second kappa shape index (κ2) is 5.26. The minimum Gasteiger partial charge on any atom is -0.508 e. The minimum absolute atomic E-state index is 0.182. The molecule has 4 nitrogen and oxygen atoms in total. The average molecular weight is 287 g/mol. The number of nitrogens with one attached hydrogen (secondary N) is 2. The molecule has 2 heterocycles. The van der Waals surface area contributed by atoms with Crippen LogP contribution in [0.25, 0.3) is 10.9 Å². The molecule has 104 valence electrons. The summed E-state index contributed by atoms with van der Waals surface area (Å²) >= 11 is 1.67. The van der Waals surface area contributed by atoms with Crippen LogP contribution in [-0.2, 0) is 6.42 Å². The van der Waals surface area contributed by atoms with Gasteiger partial charge in [-0.05, 0) is 44.2 Å². The molecule has 0 spiro atoms. The summed E-state index contributed by atoms with van der Waals surface area (Å²) in [7, 11) is 1.95. The quantitative estimate of drug-likeness (QED) is 0.691. The largest absolute Gasteiger partial charge is 0.508 e. The average Bonchev–Trinajstić information content (AvgIpc) is 3.02. The van der Waals surface area contributed by atoms with Gasteiger partial charge in [-0.3, -0.25) is 0 Å². The van der Waals surface area contributed by atoms with Crippen molar-refractivity contribution in [1.82, 2.24) is 15.3 Å². The number of phenols is 1. The number of benzene rings is 1. The Kier molecular flexibility index (Phi) is 3.46. The summed E-state index contributed by atoms with van der Waals surface area (Å²) in [6.07, 6.45) is 2.84. The zero-order valence-electron chi connectivity index (χ0n) is 11.5. The van der Waals surface area contributed by atoms with Crippen LogP contribution in [0, 0.1) is 6.92 Å². The fourth-order valence-electron chi connectivity index (χ4n) is 2.45. The summed E-state index contributed by atoms with van der Waals surface area (Å²) in [6, 6.07) is 5.58. The maximum absolute atomic E-state index is 9.64. The van der Waals surface area contributed by atoms with Crippen LogP contribution in [0.1, 0.15) is 22.3 Å². The first-order valence-electron chi connectivity index (χ1n) is 6.55. The number of hydrogen-bond acceptors (Lipinski definition) is 4. The highest BCUT2D eigenvalue weighted by molar-refractivity contribution is 7.09. The van der Waals surface area contributed by atoms with Gasteiger partial charge in [0.25, 0.3) is 0 Å². The Hall–Kier alpha value is -1.85. The number of aryl methyl sites for hydroxylation is 1. The van der Waals surface area contributed by atoms with Crippen molar-refractivity contribution < 1.29 is 5.11 Å². The number of phenolic OH excluding ortho intramolecular Hbond substituents is 1. The smallest absolute Gasteiger partial charge is 0.116 e. The van der Waals surface area contributed by atoms with Gasteiger partial charge < -0.3 is 15.4 Å². The van der Waals surface area contributed by atoms with Crippen molar-refractivity contribution in [3.05, 3.63) is 46.0 Å². The van der Waals surface area contributed by atoms with Crippen molar-refractivity contribution in [3.8, 4) is 5.75 Å². The Balaban J connectivity index is 1.93. The van der Waals surface area contributed by atoms with Gasteiger partial charge in [0.2, 0.25) is 0 Å². The fourth-order valence-corrected chi connectivity index (χ4v) is 3.12. The van der Waals surface area contributed by atoms with Crippen LogP contribution in [0.5, 0.6) is 5.75 Å². The van der Waals surface area contributed by atoms with E-state index >= 15 is 0 Å². The molecule has 0 amide bonds. The molecule has 0 saturated heterocycles. The summed E-state index contributed by atoms with van der Waals surface area (Å²) in [5.41, 5.74) is 3.30. The number of aromatic nitrogens is 2. The molecule has 0 aliphatic rings. The molecule has 3 N–H and O–H groups in total. The van der Waals surface area contributed by atoms with Gasteiger partial charge in [0.1, 0.15) is 5.75 Å². The first kappa shape index (κ1) is 13.1. The van der Waals surface area contributed by atoms with E-state index in [1.54, 1.807) is 23.5 Å². The highest BCUT2D eigenvalue weighted by atomic mass is 32.1. The second-order valence-corrected chi connectivity index (χ2v) is 5.94. The van der Waals surface area contributed by atoms with E-state index in [-0.39, 0.29) is 6.04 Å². The van der Waals surface area contributed by atoms with E-state index < -0.39 is 0 Å². The lowest BCUT2D eigenvalue weighted by molar-refractivity contribution is 0.476. The molecule has 0 aliphatic carbocycles. The molecule has 0 fully saturated rings. The molecule has 5 heteroatoms. The van der Waals surface area contributed by atoms with Gasteiger partial charge in [-0.15, -0.1) is 11.3 Å². The number of aromatic amines is 1. The molecule has 3 aromatic rings. The van der Waals surface area contributed by atoms with Gasteiger partial charge >= 0.3 is 0 Å². The third-order valence-corrected chi connectivity index (χ3v) is 4.31. The summed E-state index contributed by atoms with van der Waals surface area (Å²) in [6.45, 7) is 2.02. The molecule has 0 aliphatic heterocycles. The van der Waals surface area contributed by atoms with Crippen LogP contribution >= 0.6 is 11.3 Å². The topological polar surface area (TPSA) is 60.9 Å². The number of nitrogens with zero attached hydrogens (tertiary/aromatic N) is 1. The lowest BCUT2D eigenvalue weighted by Gasteiger charge is -2.13. The van der Waals surface area contributed by atoms with E-state index in [2.05, 4.69) is 20.7 Å². The molecule has 0 saturated carbocycles. The number of rotatable bonds is 4. The molecular weight excluding hydrogens is 270 g/mol. The number of likely N-dealkylation sites (N-methyl/N-ethyl adjacent to an activating group) is 1. The van der Waals surface area contributed by atoms with Crippen molar-refractivity contribution in [1.29, 1.82) is 0 Å². The molecule has 3 rings (SSSR count). The van der Waals surface area contributed by atoms with E-state index in [1.807, 2.05) is 26.2 Å². The van der Waals surface area contributed by atoms with Crippen LogP contribution in [0.15, 0.2) is 29.8 Å². The monoisotopic (exact) mass is 287 g/mol. The standard InChI is InChI=1S/C15H17N3OS/c1-9-18-15(8-20-9)14(16-2)5-10-7-17-13-4-3-11(19)6-12(10)13/h3-4,6-8,14,16-17,19H,5H2,1-2H3/t14-/m0/s1. The normalized spacial score (nSPS) is 12.9. The second-order valence-electron chi connectivity index (χ2n) is 4.88. The lowest BCUT2D eigenvalue weighted by atomic mass is 10.0. The predicted molar refractivity (Wildman–Crippen MR) is 82.3 cm³/mol. The van der Waals surface area contributed by atoms with Gasteiger partial charge in [-0.1, -0.05) is 0 Å². The van der Waals surface area contributed by atoms with E-state index in [9.17, 15) is 5.11 Å². The number of aromatic hydroxyl groups is 1. The van der Waals surface area contributed by atoms with Gasteiger partial charge in [-0.25, -0.2) is 4.98 Å². The highest BCUT2D eigenvalue weighted by Gasteiger charge is 2.15. The Bertz CT molecular complexity index is 732. The number of H-pyrrole nitrogens is 1. The van der Waals surface area contributed by atoms with Gasteiger partial charge in [0.15, 0.2) is 0 Å². The van der Waals surface area contributed by atoms with E-state index in [0.29, 0.717) is 5.75 Å². The van der Waals surface area contributed by atoms with E-state index in [4.69, 9.17) is 0 Å². The van der Waals surface area contributed by atoms with Crippen LogP contribution in [0.3, 0.4) is 0 Å². The maximum Gasteiger partial charge on any atom is 0.116 e. The Morgan fingerprint density at radius 2 is 2.30 bits per heavy atom. The van der Waals surface area contributed by atoms with Crippen molar-refractivity contribution in [3.63, 3.8) is 0 Å². The lowest BCUT2D eigenvalue weighted by Crippen LogP contribution is -2.19. The highest BCUT2D eigenvalue weighted by Crippen LogP contribution is 2.27. The minimum atomic E-state index is 0.182. The first-order valence-corrected chi connectivity index (χ1v) is 7.43. The van der Waals surface area contributed by atoms with Gasteiger partial charge in [-0.2, -0.15) is 0 Å². The molecule has 0 radical (unpaired) electrons. The molecule has 1 aromatic carbocycles. The summed E-state index contributed by atoms with van der Waals surface area (Å²) in [5, 5.41) is 17.2. The molecule has 0 bridgehead atoms. The molecular formula is C15H17N3OS. The van der Waals surface area contributed by atoms with Crippen LogP contribution in [-0.4, -0.2) is 22.1 Å². The number of hydrogen-bond donors (Lipinski definition) is 3. The van der Waals surface area contributed by atoms with Crippen LogP contribution in [0.2, 0.25) is 0 Å². The van der Waals surface area contributed by atoms with E-state index in [1.165, 1.54) is 5.56 Å². The van der Waals surface area contributed by atoms with Gasteiger partial charge in [0.05, 0.1) is 16.7 Å². The fraction of sp³-hybridized carbons (Fsp3) is 0.267. The molecule has 0 unspecified atom stereocenters. The number of thiazole rings is 1. The van der Waals surface area contributed by atoms with Crippen molar-refractivity contribution >= 4 is 22.2 Å². The van der Waals surface area contributed by atoms with Crippen molar-refractivity contribution in [2.24, 2.45) is 0 Å². The molecule has 2 aromatic heterocycles. The van der Waals surface area contributed by atoms with Crippen molar-refractivity contribution in [2.45, 2.75) is 19.4 Å². The van der Waals surface area contributed by atoms with Crippen LogP contribution in [0.4, 0.5) is 0 Å². The van der Waals surface area contributed by atoms with E-state index in [0.717, 1.165) is 28.0 Å². The van der Waals surface area contributed by atoms with Crippen molar-refractivity contribution in [2.75, 3.05) is 7.05 Å². The third kappa shape index (κ3) is 2.42. The Morgan fingerprint density at radius 3 is 3.00 bits per heavy atom. The maximum atomic E-state index is 9.64. The first-order chi connectivity index (χ1) is 9.67. The summed E-state index contributed by atoms with van der Waals surface area (Å²) < 4.78 is 0. The molecule has 1 atom stereocenters. The summed E-state index contributed by atoms with van der Waals surface area (Å²) in [4.78, 5) is 7.80.